The number of benzene rings is 3. The van der Waals surface area contributed by atoms with Crippen LogP contribution in [0.25, 0.3) is 11.1 Å². The number of aromatic hydroxyl groups is 1. The van der Waals surface area contributed by atoms with Gasteiger partial charge in [0.25, 0.3) is 0 Å². The largest absolute Gasteiger partial charge is 0.503 e. The molecule has 1 saturated carbocycles. The third-order valence-corrected chi connectivity index (χ3v) is 6.45. The Bertz CT molecular complexity index is 1170. The van der Waals surface area contributed by atoms with E-state index in [-0.39, 0.29) is 36.1 Å². The molecule has 0 spiro atoms. The maximum absolute atomic E-state index is 14.1. The number of halogens is 6. The van der Waals surface area contributed by atoms with Gasteiger partial charge in [-0.2, -0.15) is 0 Å². The van der Waals surface area contributed by atoms with Crippen LogP contribution < -0.4 is 0 Å². The zero-order valence-corrected chi connectivity index (χ0v) is 22.2. The maximum Gasteiger partial charge on any atom is 0.249 e. The van der Waals surface area contributed by atoms with Crippen LogP contribution in [0.15, 0.2) is 36.4 Å². The van der Waals surface area contributed by atoms with Crippen LogP contribution in [0.3, 0.4) is 0 Å². The highest BCUT2D eigenvalue weighted by molar-refractivity contribution is 5.66. The van der Waals surface area contributed by atoms with Gasteiger partial charge in [-0.25, -0.2) is 26.3 Å². The third-order valence-electron chi connectivity index (χ3n) is 6.45. The molecule has 202 valence electrons. The van der Waals surface area contributed by atoms with Crippen LogP contribution in [0.1, 0.15) is 80.2 Å². The van der Waals surface area contributed by atoms with Crippen LogP contribution in [-0.2, 0) is 0 Å². The number of rotatable bonds is 3. The van der Waals surface area contributed by atoms with Crippen molar-refractivity contribution in [2.45, 2.75) is 79.1 Å². The zero-order chi connectivity index (χ0) is 28.2. The van der Waals surface area contributed by atoms with Gasteiger partial charge in [0, 0.05) is 12.8 Å². The van der Waals surface area contributed by atoms with E-state index in [4.69, 9.17) is 5.11 Å². The monoisotopic (exact) mass is 524 g/mol. The first-order valence-electron chi connectivity index (χ1n) is 12.3. The number of aryl methyl sites for hydroxylation is 2. The third kappa shape index (κ3) is 7.08. The number of phenols is 1. The minimum atomic E-state index is -2.54. The van der Waals surface area contributed by atoms with Gasteiger partial charge < -0.3 is 5.11 Å². The standard InChI is InChI=1S/C16H15F3O.C12H13F3.C2H6/c1-8(2)15-9(3)4-10(5-12(15)17)11-6-13(18)16(20)14(19)7-11;1-7-3-9(4-11(13)8(7)2)10-5-12(14,15)6-10;1-2/h4-8,20H,1-3H3;3-4,10H,5-6H2,1-2H3;1-2H3. The van der Waals surface area contributed by atoms with Crippen LogP contribution in [0.4, 0.5) is 26.3 Å². The average molecular weight is 525 g/mol. The molecule has 0 heterocycles. The summed E-state index contributed by atoms with van der Waals surface area (Å²) in [6.45, 7) is 13.0. The molecule has 0 unspecified atom stereocenters. The molecule has 1 aliphatic carbocycles. The van der Waals surface area contributed by atoms with Crippen molar-refractivity contribution < 1.29 is 31.4 Å². The van der Waals surface area contributed by atoms with Crippen LogP contribution in [-0.4, -0.2) is 11.0 Å². The Hall–Kier alpha value is -2.96. The van der Waals surface area contributed by atoms with Crippen molar-refractivity contribution >= 4 is 0 Å². The number of hydrogen-bond acceptors (Lipinski definition) is 1. The smallest absolute Gasteiger partial charge is 0.249 e. The second-order valence-corrected chi connectivity index (χ2v) is 9.54. The number of hydrogen-bond donors (Lipinski definition) is 1. The molecule has 0 aromatic heterocycles. The first-order valence-corrected chi connectivity index (χ1v) is 12.3. The molecule has 1 fully saturated rings. The van der Waals surface area contributed by atoms with E-state index >= 15 is 0 Å². The Morgan fingerprint density at radius 3 is 1.65 bits per heavy atom. The molecule has 4 rings (SSSR count). The molecule has 0 bridgehead atoms. The summed E-state index contributed by atoms with van der Waals surface area (Å²) in [5.41, 5.74) is 4.03. The number of phenolic OH excluding ortho intramolecular Hbond substituents is 1. The topological polar surface area (TPSA) is 20.2 Å². The lowest BCUT2D eigenvalue weighted by molar-refractivity contribution is -0.0868. The minimum Gasteiger partial charge on any atom is -0.503 e. The zero-order valence-electron chi connectivity index (χ0n) is 22.2. The van der Waals surface area contributed by atoms with E-state index < -0.39 is 29.1 Å². The van der Waals surface area contributed by atoms with Gasteiger partial charge in [-0.1, -0.05) is 39.8 Å². The predicted molar refractivity (Wildman–Crippen MR) is 136 cm³/mol. The molecule has 3 aromatic rings. The number of alkyl halides is 2. The summed E-state index contributed by atoms with van der Waals surface area (Å²) in [7, 11) is 0. The lowest BCUT2D eigenvalue weighted by atomic mass is 9.76. The van der Waals surface area contributed by atoms with Gasteiger partial charge in [0.15, 0.2) is 17.4 Å². The Kier molecular flexibility index (Phi) is 9.86. The molecular weight excluding hydrogens is 490 g/mol. The summed E-state index contributed by atoms with van der Waals surface area (Å²) < 4.78 is 79.5. The molecule has 1 nitrogen and oxygen atoms in total. The van der Waals surface area contributed by atoms with Gasteiger partial charge >= 0.3 is 0 Å². The fourth-order valence-electron chi connectivity index (χ4n) is 4.36. The summed E-state index contributed by atoms with van der Waals surface area (Å²) >= 11 is 0. The van der Waals surface area contributed by atoms with Gasteiger partial charge in [-0.05, 0) is 95.8 Å². The van der Waals surface area contributed by atoms with Crippen molar-refractivity contribution in [3.8, 4) is 16.9 Å². The van der Waals surface area contributed by atoms with E-state index in [0.717, 1.165) is 23.3 Å². The summed E-state index contributed by atoms with van der Waals surface area (Å²) in [4.78, 5) is 0. The molecule has 1 N–H and O–H groups in total. The molecule has 0 aliphatic heterocycles. The SMILES string of the molecule is CC.Cc1cc(-c2cc(F)c(O)c(F)c2)cc(F)c1C(C)C.Cc1cc(C2CC(F)(F)C2)cc(F)c1C. The van der Waals surface area contributed by atoms with E-state index in [1.807, 2.05) is 33.8 Å². The normalized spacial score (nSPS) is 14.3. The lowest BCUT2D eigenvalue weighted by Gasteiger charge is -2.35. The van der Waals surface area contributed by atoms with E-state index in [1.165, 1.54) is 12.1 Å². The molecule has 3 aromatic carbocycles. The van der Waals surface area contributed by atoms with Crippen LogP contribution in [0.5, 0.6) is 5.75 Å². The van der Waals surface area contributed by atoms with Gasteiger partial charge in [0.1, 0.15) is 11.6 Å². The molecule has 37 heavy (non-hydrogen) atoms. The van der Waals surface area contributed by atoms with Gasteiger partial charge in [-0.3, -0.25) is 0 Å². The highest BCUT2D eigenvalue weighted by Gasteiger charge is 2.45. The predicted octanol–water partition coefficient (Wildman–Crippen LogP) is 9.89. The molecule has 0 radical (unpaired) electrons. The van der Waals surface area contributed by atoms with Crippen molar-refractivity contribution in [3.63, 3.8) is 0 Å². The molecular formula is C30H34F6O. The van der Waals surface area contributed by atoms with Crippen molar-refractivity contribution in [2.75, 3.05) is 0 Å². The molecule has 7 heteroatoms. The van der Waals surface area contributed by atoms with Crippen LogP contribution in [0, 0.1) is 44.0 Å². The van der Waals surface area contributed by atoms with Gasteiger partial charge in [0.2, 0.25) is 5.92 Å². The lowest BCUT2D eigenvalue weighted by Crippen LogP contribution is -2.33. The highest BCUT2D eigenvalue weighted by Crippen LogP contribution is 2.48. The quantitative estimate of drug-likeness (QED) is 0.338. The average Bonchev–Trinajstić information content (AvgIpc) is 2.79. The van der Waals surface area contributed by atoms with Gasteiger partial charge in [-0.15, -0.1) is 0 Å². The van der Waals surface area contributed by atoms with Gasteiger partial charge in [0.05, 0.1) is 0 Å². The first-order chi connectivity index (χ1) is 17.2. The maximum atomic E-state index is 14.1. The first kappa shape index (κ1) is 30.3. The van der Waals surface area contributed by atoms with Crippen molar-refractivity contribution in [1.82, 2.24) is 0 Å². The van der Waals surface area contributed by atoms with E-state index in [1.54, 1.807) is 26.8 Å². The Morgan fingerprint density at radius 2 is 1.22 bits per heavy atom. The fourth-order valence-corrected chi connectivity index (χ4v) is 4.36. The minimum absolute atomic E-state index is 0.0253. The van der Waals surface area contributed by atoms with Crippen molar-refractivity contribution in [2.24, 2.45) is 0 Å². The van der Waals surface area contributed by atoms with Crippen molar-refractivity contribution in [3.05, 3.63) is 87.5 Å². The van der Waals surface area contributed by atoms with E-state index in [0.29, 0.717) is 22.3 Å². The van der Waals surface area contributed by atoms with Crippen LogP contribution in [0.2, 0.25) is 0 Å². The Morgan fingerprint density at radius 1 is 0.730 bits per heavy atom. The highest BCUT2D eigenvalue weighted by atomic mass is 19.3. The summed E-state index contributed by atoms with van der Waals surface area (Å²) in [6, 6.07) is 8.13. The summed E-state index contributed by atoms with van der Waals surface area (Å²) in [5, 5.41) is 9.08. The Labute approximate surface area is 215 Å². The van der Waals surface area contributed by atoms with Crippen molar-refractivity contribution in [1.29, 1.82) is 0 Å². The molecule has 0 amide bonds. The molecule has 0 saturated heterocycles. The molecule has 0 atom stereocenters. The fraction of sp³-hybridized carbons (Fsp3) is 0.400. The molecule has 1 aliphatic rings. The van der Waals surface area contributed by atoms with Crippen LogP contribution >= 0.6 is 0 Å². The summed E-state index contributed by atoms with van der Waals surface area (Å²) in [5.74, 6) is -6.53. The summed E-state index contributed by atoms with van der Waals surface area (Å²) in [6.07, 6.45) is -0.288. The Balaban J connectivity index is 0.000000252. The second-order valence-electron chi connectivity index (χ2n) is 9.54. The van der Waals surface area contributed by atoms with E-state index in [9.17, 15) is 26.3 Å². The van der Waals surface area contributed by atoms with E-state index in [2.05, 4.69) is 0 Å². The second kappa shape index (κ2) is 12.1.